The number of carboxylic acid groups (broad SMARTS) is 1. The van der Waals surface area contributed by atoms with Crippen LogP contribution in [0.2, 0.25) is 0 Å². The molecule has 0 fully saturated rings. The first-order valence-electron chi connectivity index (χ1n) is 6.55. The Balaban J connectivity index is 2.49. The highest BCUT2D eigenvalue weighted by Gasteiger charge is 2.19. The first kappa shape index (κ1) is 15.0. The fourth-order valence-electron chi connectivity index (χ4n) is 2.10. The highest BCUT2D eigenvalue weighted by atomic mass is 16.4. The molecule has 0 atom stereocenters. The molecule has 0 aliphatic carbocycles. The topological polar surface area (TPSA) is 86.6 Å². The van der Waals surface area contributed by atoms with Crippen LogP contribution in [0.25, 0.3) is 10.8 Å². The number of hydrogen-bond acceptors (Lipinski definition) is 3. The number of hydrogen-bond donors (Lipinski definition) is 3. The molecule has 2 aromatic rings. The summed E-state index contributed by atoms with van der Waals surface area (Å²) < 4.78 is 0. The van der Waals surface area contributed by atoms with Crippen molar-refractivity contribution < 1.29 is 19.8 Å². The Kier molecular flexibility index (Phi) is 3.95. The number of carboxylic acids is 1. The summed E-state index contributed by atoms with van der Waals surface area (Å²) in [6.07, 6.45) is 0. The lowest BCUT2D eigenvalue weighted by molar-refractivity contribution is 0.0691. The molecule has 2 rings (SSSR count). The molecular formula is C16H17NO4. The van der Waals surface area contributed by atoms with Crippen LogP contribution in [0.5, 0.6) is 0 Å². The van der Waals surface area contributed by atoms with Gasteiger partial charge in [-0.05, 0) is 31.4 Å². The van der Waals surface area contributed by atoms with E-state index in [2.05, 4.69) is 5.32 Å². The maximum Gasteiger partial charge on any atom is 0.336 e. The van der Waals surface area contributed by atoms with Crippen molar-refractivity contribution in [1.82, 2.24) is 5.32 Å². The van der Waals surface area contributed by atoms with E-state index in [1.807, 2.05) is 0 Å². The number of carbonyl (C=O) groups is 2. The van der Waals surface area contributed by atoms with Crippen LogP contribution in [-0.2, 0) is 0 Å². The summed E-state index contributed by atoms with van der Waals surface area (Å²) in [5.74, 6) is -1.49. The van der Waals surface area contributed by atoms with Gasteiger partial charge in [0.05, 0.1) is 11.2 Å². The van der Waals surface area contributed by atoms with Crippen molar-refractivity contribution in [2.24, 2.45) is 0 Å². The van der Waals surface area contributed by atoms with Gasteiger partial charge in [0, 0.05) is 17.5 Å². The van der Waals surface area contributed by atoms with E-state index < -0.39 is 17.5 Å². The number of aromatic carboxylic acids is 1. The molecule has 2 aromatic carbocycles. The van der Waals surface area contributed by atoms with Gasteiger partial charge in [-0.1, -0.05) is 24.3 Å². The molecule has 0 saturated carbocycles. The molecule has 5 nitrogen and oxygen atoms in total. The van der Waals surface area contributed by atoms with Crippen molar-refractivity contribution in [2.45, 2.75) is 19.4 Å². The summed E-state index contributed by atoms with van der Waals surface area (Å²) in [4.78, 5) is 23.6. The molecule has 110 valence electrons. The van der Waals surface area contributed by atoms with Crippen LogP contribution in [0, 0.1) is 0 Å². The molecule has 3 N–H and O–H groups in total. The minimum absolute atomic E-state index is 0.0808. The Bertz CT molecular complexity index is 696. The van der Waals surface area contributed by atoms with Crippen LogP contribution >= 0.6 is 0 Å². The quantitative estimate of drug-likeness (QED) is 0.803. The molecule has 0 aliphatic rings. The van der Waals surface area contributed by atoms with E-state index >= 15 is 0 Å². The Hall–Kier alpha value is -2.40. The fourth-order valence-corrected chi connectivity index (χ4v) is 2.10. The first-order chi connectivity index (χ1) is 9.79. The largest absolute Gasteiger partial charge is 0.478 e. The van der Waals surface area contributed by atoms with Crippen molar-refractivity contribution >= 4 is 22.6 Å². The maximum atomic E-state index is 12.3. The second kappa shape index (κ2) is 5.54. The van der Waals surface area contributed by atoms with Gasteiger partial charge >= 0.3 is 5.97 Å². The lowest BCUT2D eigenvalue weighted by atomic mass is 9.98. The summed E-state index contributed by atoms with van der Waals surface area (Å²) in [5.41, 5.74) is -0.660. The molecule has 0 unspecified atom stereocenters. The number of nitrogens with one attached hydrogen (secondary N) is 1. The Morgan fingerprint density at radius 1 is 1.10 bits per heavy atom. The number of rotatable bonds is 4. The summed E-state index contributed by atoms with van der Waals surface area (Å²) in [6, 6.07) is 9.91. The van der Waals surface area contributed by atoms with Crippen LogP contribution < -0.4 is 5.32 Å². The molecule has 1 amide bonds. The summed E-state index contributed by atoms with van der Waals surface area (Å²) in [5, 5.41) is 22.6. The van der Waals surface area contributed by atoms with Crippen LogP contribution in [0.1, 0.15) is 34.6 Å². The summed E-state index contributed by atoms with van der Waals surface area (Å²) >= 11 is 0. The van der Waals surface area contributed by atoms with Crippen molar-refractivity contribution in [2.75, 3.05) is 6.54 Å². The van der Waals surface area contributed by atoms with Crippen molar-refractivity contribution in [1.29, 1.82) is 0 Å². The molecule has 0 saturated heterocycles. The molecule has 0 heterocycles. The van der Waals surface area contributed by atoms with Gasteiger partial charge < -0.3 is 15.5 Å². The van der Waals surface area contributed by atoms with E-state index in [4.69, 9.17) is 0 Å². The standard InChI is InChI=1S/C16H17NO4/c1-16(2,21)9-17-14(18)11-7-3-5-10-6-4-8-12(13(10)11)15(19)20/h3-8,21H,9H2,1-2H3,(H,17,18)(H,19,20). The predicted molar refractivity (Wildman–Crippen MR) is 79.5 cm³/mol. The van der Waals surface area contributed by atoms with Gasteiger partial charge in [0.1, 0.15) is 0 Å². The molecule has 0 bridgehead atoms. The molecule has 5 heteroatoms. The van der Waals surface area contributed by atoms with Gasteiger partial charge in [-0.2, -0.15) is 0 Å². The lowest BCUT2D eigenvalue weighted by Gasteiger charge is -2.18. The number of fused-ring (bicyclic) bond motifs is 1. The van der Waals surface area contributed by atoms with Crippen molar-refractivity contribution in [3.05, 3.63) is 47.5 Å². The maximum absolute atomic E-state index is 12.3. The highest BCUT2D eigenvalue weighted by molar-refractivity contribution is 6.14. The molecule has 0 aliphatic heterocycles. The minimum atomic E-state index is -1.08. The number of aliphatic hydroxyl groups is 1. The van der Waals surface area contributed by atoms with E-state index in [1.54, 1.807) is 44.2 Å². The molecular weight excluding hydrogens is 270 g/mol. The van der Waals surface area contributed by atoms with Gasteiger partial charge in [0.25, 0.3) is 5.91 Å². The average molecular weight is 287 g/mol. The zero-order chi connectivity index (χ0) is 15.6. The normalized spacial score (nSPS) is 11.4. The van der Waals surface area contributed by atoms with E-state index in [1.165, 1.54) is 6.07 Å². The zero-order valence-corrected chi connectivity index (χ0v) is 11.9. The lowest BCUT2D eigenvalue weighted by Crippen LogP contribution is -2.38. The van der Waals surface area contributed by atoms with Crippen molar-refractivity contribution in [3.63, 3.8) is 0 Å². The molecule has 0 aromatic heterocycles. The van der Waals surface area contributed by atoms with E-state index in [9.17, 15) is 19.8 Å². The number of amides is 1. The second-order valence-electron chi connectivity index (χ2n) is 5.51. The van der Waals surface area contributed by atoms with Crippen LogP contribution in [0.3, 0.4) is 0 Å². The number of carbonyl (C=O) groups excluding carboxylic acids is 1. The third-order valence-corrected chi connectivity index (χ3v) is 3.06. The van der Waals surface area contributed by atoms with Gasteiger partial charge in [0.2, 0.25) is 0 Å². The van der Waals surface area contributed by atoms with E-state index in [0.717, 1.165) is 0 Å². The summed E-state index contributed by atoms with van der Waals surface area (Å²) in [6.45, 7) is 3.25. The van der Waals surface area contributed by atoms with Gasteiger partial charge in [-0.15, -0.1) is 0 Å². The predicted octanol–water partition coefficient (Wildman–Crippen LogP) is 2.04. The zero-order valence-electron chi connectivity index (χ0n) is 11.9. The van der Waals surface area contributed by atoms with E-state index in [0.29, 0.717) is 10.8 Å². The summed E-state index contributed by atoms with van der Waals surface area (Å²) in [7, 11) is 0. The Labute approximate surface area is 122 Å². The Morgan fingerprint density at radius 3 is 2.19 bits per heavy atom. The molecule has 0 radical (unpaired) electrons. The van der Waals surface area contributed by atoms with Crippen LogP contribution in [0.15, 0.2) is 36.4 Å². The van der Waals surface area contributed by atoms with Gasteiger partial charge in [-0.25, -0.2) is 4.79 Å². The van der Waals surface area contributed by atoms with Crippen LogP contribution in [-0.4, -0.2) is 34.2 Å². The fraction of sp³-hybridized carbons (Fsp3) is 0.250. The van der Waals surface area contributed by atoms with Gasteiger partial charge in [-0.3, -0.25) is 4.79 Å². The minimum Gasteiger partial charge on any atom is -0.478 e. The second-order valence-corrected chi connectivity index (χ2v) is 5.51. The van der Waals surface area contributed by atoms with Gasteiger partial charge in [0.15, 0.2) is 0 Å². The highest BCUT2D eigenvalue weighted by Crippen LogP contribution is 2.23. The monoisotopic (exact) mass is 287 g/mol. The first-order valence-corrected chi connectivity index (χ1v) is 6.55. The molecule has 0 spiro atoms. The molecule has 21 heavy (non-hydrogen) atoms. The SMILES string of the molecule is CC(C)(O)CNC(=O)c1cccc2cccc(C(=O)O)c12. The number of benzene rings is 2. The Morgan fingerprint density at radius 2 is 1.67 bits per heavy atom. The third-order valence-electron chi connectivity index (χ3n) is 3.06. The van der Waals surface area contributed by atoms with E-state index in [-0.39, 0.29) is 17.7 Å². The third kappa shape index (κ3) is 3.38. The van der Waals surface area contributed by atoms with Crippen LogP contribution in [0.4, 0.5) is 0 Å². The van der Waals surface area contributed by atoms with Crippen molar-refractivity contribution in [3.8, 4) is 0 Å². The average Bonchev–Trinajstić information content (AvgIpc) is 2.42. The smallest absolute Gasteiger partial charge is 0.336 e.